The topological polar surface area (TPSA) is 237 Å². The molecule has 0 aromatic rings. The fourth-order valence-electron chi connectivity index (χ4n) is 11.4. The van der Waals surface area contributed by atoms with Gasteiger partial charge < -0.3 is 33.8 Å². The number of hydrogen-bond donors (Lipinski definition) is 3. The van der Waals surface area contributed by atoms with Crippen LogP contribution in [0.4, 0.5) is 0 Å². The highest BCUT2D eigenvalue weighted by Crippen LogP contribution is 2.45. The van der Waals surface area contributed by atoms with Crippen LogP contribution in [0.2, 0.25) is 0 Å². The molecule has 0 aliphatic carbocycles. The van der Waals surface area contributed by atoms with Gasteiger partial charge in [-0.2, -0.15) is 0 Å². The second-order valence-corrected chi connectivity index (χ2v) is 30.4. The fraction of sp³-hybridized carbons (Fsp3) is 0.947. The van der Waals surface area contributed by atoms with Crippen LogP contribution in [0.1, 0.15) is 388 Å². The number of unbranched alkanes of at least 4 members (excludes halogenated alkanes) is 42. The summed E-state index contributed by atoms with van der Waals surface area (Å²) in [6.07, 6.45) is 54.0. The van der Waals surface area contributed by atoms with Gasteiger partial charge >= 0.3 is 39.5 Å². The molecule has 0 heterocycles. The summed E-state index contributed by atoms with van der Waals surface area (Å²) in [6.45, 7) is 9.55. The highest BCUT2D eigenvalue weighted by atomic mass is 31.2. The number of carbonyl (C=O) groups is 4. The molecule has 0 radical (unpaired) electrons. The zero-order valence-corrected chi connectivity index (χ0v) is 63.1. The van der Waals surface area contributed by atoms with E-state index in [4.69, 9.17) is 37.0 Å². The number of phosphoric ester groups is 2. The van der Waals surface area contributed by atoms with Gasteiger partial charge in [-0.05, 0) is 37.5 Å². The zero-order chi connectivity index (χ0) is 69.3. The van der Waals surface area contributed by atoms with E-state index in [1.807, 2.05) is 0 Å². The van der Waals surface area contributed by atoms with E-state index in [-0.39, 0.29) is 25.7 Å². The minimum absolute atomic E-state index is 0.104. The van der Waals surface area contributed by atoms with Crippen molar-refractivity contribution in [2.45, 2.75) is 407 Å². The molecule has 0 aromatic heterocycles. The Labute approximate surface area is 575 Å². The van der Waals surface area contributed by atoms with Gasteiger partial charge in [-0.3, -0.25) is 37.3 Å². The van der Waals surface area contributed by atoms with Gasteiger partial charge in [0.25, 0.3) is 0 Å². The molecule has 17 nitrogen and oxygen atoms in total. The van der Waals surface area contributed by atoms with Crippen LogP contribution < -0.4 is 0 Å². The molecule has 0 rings (SSSR count). The SMILES string of the molecule is CCCCCCCCCCCCCCCCCCC(=O)OC[C@H](COP(=O)(O)OC[C@@H](O)COP(=O)(O)OC[C@@H](COC(=O)CCCCCCCCC(C)CC)OC(=O)CCCCCCCCCCC(C)CC)OC(=O)CCCCCCCCCCCCCCCCCC. The van der Waals surface area contributed by atoms with E-state index < -0.39 is 97.5 Å². The molecule has 0 spiro atoms. The van der Waals surface area contributed by atoms with Crippen LogP contribution >= 0.6 is 15.6 Å². The Balaban J connectivity index is 5.25. The molecule has 0 fully saturated rings. The average Bonchev–Trinajstić information content (AvgIpc) is 1.33. The quantitative estimate of drug-likeness (QED) is 0.0222. The zero-order valence-electron chi connectivity index (χ0n) is 61.3. The van der Waals surface area contributed by atoms with Gasteiger partial charge in [-0.25, -0.2) is 9.13 Å². The second-order valence-electron chi connectivity index (χ2n) is 27.5. The molecule has 0 aromatic carbocycles. The normalized spacial score (nSPS) is 14.6. The summed E-state index contributed by atoms with van der Waals surface area (Å²) in [4.78, 5) is 72.8. The molecule has 558 valence electrons. The Hall–Kier alpha value is -1.94. The predicted molar refractivity (Wildman–Crippen MR) is 381 cm³/mol. The number of aliphatic hydroxyl groups excluding tert-OH is 1. The first-order chi connectivity index (χ1) is 45.4. The molecule has 0 amide bonds. The van der Waals surface area contributed by atoms with Crippen LogP contribution in [0.25, 0.3) is 0 Å². The van der Waals surface area contributed by atoms with Crippen LogP contribution in [-0.4, -0.2) is 96.7 Å². The average molecular weight is 1380 g/mol. The van der Waals surface area contributed by atoms with Gasteiger partial charge in [0.15, 0.2) is 12.2 Å². The number of carbonyl (C=O) groups excluding carboxylic acids is 4. The first-order valence-corrected chi connectivity index (χ1v) is 42.1. The van der Waals surface area contributed by atoms with E-state index in [1.54, 1.807) is 0 Å². The van der Waals surface area contributed by atoms with Crippen LogP contribution in [0, 0.1) is 11.8 Å². The lowest BCUT2D eigenvalue weighted by atomic mass is 9.99. The van der Waals surface area contributed by atoms with Crippen molar-refractivity contribution in [3.8, 4) is 0 Å². The highest BCUT2D eigenvalue weighted by molar-refractivity contribution is 7.47. The van der Waals surface area contributed by atoms with Crippen molar-refractivity contribution in [3.63, 3.8) is 0 Å². The monoisotopic (exact) mass is 1380 g/mol. The van der Waals surface area contributed by atoms with Gasteiger partial charge in [0.05, 0.1) is 26.4 Å². The van der Waals surface area contributed by atoms with E-state index >= 15 is 0 Å². The maximum atomic E-state index is 13.1. The van der Waals surface area contributed by atoms with Gasteiger partial charge in [-0.15, -0.1) is 0 Å². The predicted octanol–water partition coefficient (Wildman–Crippen LogP) is 21.9. The Morgan fingerprint density at radius 1 is 0.298 bits per heavy atom. The smallest absolute Gasteiger partial charge is 0.462 e. The molecule has 94 heavy (non-hydrogen) atoms. The van der Waals surface area contributed by atoms with E-state index in [0.29, 0.717) is 25.7 Å². The summed E-state index contributed by atoms with van der Waals surface area (Å²) < 4.78 is 68.5. The van der Waals surface area contributed by atoms with Crippen molar-refractivity contribution >= 4 is 39.5 Å². The number of ether oxygens (including phenoxy) is 4. The summed E-state index contributed by atoms with van der Waals surface area (Å²) in [7, 11) is -9.91. The summed E-state index contributed by atoms with van der Waals surface area (Å²) in [5, 5.41) is 10.6. The Morgan fingerprint density at radius 3 is 0.755 bits per heavy atom. The highest BCUT2D eigenvalue weighted by Gasteiger charge is 2.30. The largest absolute Gasteiger partial charge is 0.472 e. The van der Waals surface area contributed by atoms with Crippen molar-refractivity contribution in [2.24, 2.45) is 11.8 Å². The summed E-state index contributed by atoms with van der Waals surface area (Å²) >= 11 is 0. The van der Waals surface area contributed by atoms with Gasteiger partial charge in [0.1, 0.15) is 19.3 Å². The number of rotatable bonds is 74. The number of hydrogen-bond acceptors (Lipinski definition) is 15. The molecular formula is C75H146O17P2. The summed E-state index contributed by atoms with van der Waals surface area (Å²) in [5.74, 6) is -0.618. The van der Waals surface area contributed by atoms with Gasteiger partial charge in [0.2, 0.25) is 0 Å². The van der Waals surface area contributed by atoms with E-state index in [0.717, 1.165) is 108 Å². The molecular weight excluding hydrogens is 1230 g/mol. The molecule has 0 aliphatic heterocycles. The molecule has 4 unspecified atom stereocenters. The van der Waals surface area contributed by atoms with Gasteiger partial charge in [-0.1, -0.05) is 337 Å². The number of aliphatic hydroxyl groups is 1. The molecule has 7 atom stereocenters. The summed E-state index contributed by atoms with van der Waals surface area (Å²) in [5.41, 5.74) is 0. The third-order valence-electron chi connectivity index (χ3n) is 18.2. The molecule has 19 heteroatoms. The maximum absolute atomic E-state index is 13.1. The van der Waals surface area contributed by atoms with Crippen LogP contribution in [-0.2, 0) is 65.4 Å². The number of esters is 4. The molecule has 3 N–H and O–H groups in total. The van der Waals surface area contributed by atoms with Crippen molar-refractivity contribution in [2.75, 3.05) is 39.6 Å². The third-order valence-corrected chi connectivity index (χ3v) is 20.1. The Morgan fingerprint density at radius 2 is 0.511 bits per heavy atom. The van der Waals surface area contributed by atoms with E-state index in [1.165, 1.54) is 199 Å². The lowest BCUT2D eigenvalue weighted by Gasteiger charge is -2.21. The second kappa shape index (κ2) is 66.9. The molecule has 0 bridgehead atoms. The Bertz CT molecular complexity index is 1820. The fourth-order valence-corrected chi connectivity index (χ4v) is 13.0. The minimum atomic E-state index is -4.96. The van der Waals surface area contributed by atoms with Crippen molar-refractivity contribution in [1.29, 1.82) is 0 Å². The lowest BCUT2D eigenvalue weighted by molar-refractivity contribution is -0.161. The first kappa shape index (κ1) is 92.1. The first-order valence-electron chi connectivity index (χ1n) is 39.1. The van der Waals surface area contributed by atoms with E-state index in [2.05, 4.69) is 41.5 Å². The lowest BCUT2D eigenvalue weighted by Crippen LogP contribution is -2.30. The third kappa shape index (κ3) is 66.0. The van der Waals surface area contributed by atoms with Crippen LogP contribution in [0.5, 0.6) is 0 Å². The standard InChI is InChI=1S/C75H146O17P2/c1-7-11-13-15-17-19-21-23-25-27-29-31-33-38-45-51-57-72(77)85-63-70(91-74(79)59-53-47-39-34-32-30-28-26-24-22-20-18-16-14-12-8-2)65-89-93(81,82)87-61-69(76)62-88-94(83,84)90-66-71(64-86-73(78)58-52-46-42-41-44-50-56-68(6)10-4)92-75(80)60-54-48-40-36-35-37-43-49-55-67(5)9-3/h67-71,76H,7-66H2,1-6H3,(H,81,82)(H,83,84)/t67?,68?,69-,70-,71-/m1/s1. The molecule has 0 saturated heterocycles. The molecule has 0 aliphatic rings. The van der Waals surface area contributed by atoms with E-state index in [9.17, 15) is 43.2 Å². The minimum Gasteiger partial charge on any atom is -0.462 e. The van der Waals surface area contributed by atoms with Crippen LogP contribution in [0.3, 0.4) is 0 Å². The summed E-state index contributed by atoms with van der Waals surface area (Å²) in [6, 6.07) is 0. The van der Waals surface area contributed by atoms with Crippen molar-refractivity contribution in [1.82, 2.24) is 0 Å². The van der Waals surface area contributed by atoms with Crippen molar-refractivity contribution in [3.05, 3.63) is 0 Å². The van der Waals surface area contributed by atoms with Gasteiger partial charge in [0, 0.05) is 25.7 Å². The number of phosphoric acid groups is 2. The Kier molecular flexibility index (Phi) is 65.5. The maximum Gasteiger partial charge on any atom is 0.472 e. The molecule has 0 saturated carbocycles. The van der Waals surface area contributed by atoms with Crippen molar-refractivity contribution < 1.29 is 80.2 Å². The van der Waals surface area contributed by atoms with Crippen LogP contribution in [0.15, 0.2) is 0 Å².